The van der Waals surface area contributed by atoms with E-state index in [-0.39, 0.29) is 0 Å². The molecule has 0 radical (unpaired) electrons. The minimum Gasteiger partial charge on any atom is -0.310 e. The molecule has 1 heterocycles. The van der Waals surface area contributed by atoms with Crippen molar-refractivity contribution in [2.45, 2.75) is 0 Å². The van der Waals surface area contributed by atoms with E-state index in [1.165, 1.54) is 74.4 Å². The van der Waals surface area contributed by atoms with Crippen LogP contribution in [0, 0.1) is 0 Å². The third-order valence-corrected chi connectivity index (χ3v) is 11.0. The molecule has 0 spiro atoms. The summed E-state index contributed by atoms with van der Waals surface area (Å²) in [6.07, 6.45) is 0. The van der Waals surface area contributed by atoms with Crippen molar-refractivity contribution in [3.63, 3.8) is 0 Å². The molecule has 0 aliphatic carbocycles. The predicted octanol–water partition coefficient (Wildman–Crippen LogP) is 13.8. The summed E-state index contributed by atoms with van der Waals surface area (Å²) in [4.78, 5) is 2.41. The van der Waals surface area contributed by atoms with Crippen molar-refractivity contribution >= 4 is 91.7 Å². The van der Waals surface area contributed by atoms with Crippen LogP contribution in [0.15, 0.2) is 176 Å². The van der Waals surface area contributed by atoms with Gasteiger partial charge in [0.2, 0.25) is 0 Å². The molecular formula is C46H29NS. The quantitative estimate of drug-likeness (QED) is 0.176. The highest BCUT2D eigenvalue weighted by Crippen LogP contribution is 2.43. The van der Waals surface area contributed by atoms with Crippen molar-refractivity contribution in [3.8, 4) is 11.1 Å². The Balaban J connectivity index is 1.17. The highest BCUT2D eigenvalue weighted by molar-refractivity contribution is 7.26. The van der Waals surface area contributed by atoms with Gasteiger partial charge in [0, 0.05) is 37.2 Å². The molecule has 10 aromatic rings. The molecular weight excluding hydrogens is 599 g/mol. The molecule has 10 rings (SSSR count). The summed E-state index contributed by atoms with van der Waals surface area (Å²) < 4.78 is 2.67. The van der Waals surface area contributed by atoms with Crippen LogP contribution in [0.25, 0.3) is 74.4 Å². The number of anilines is 3. The van der Waals surface area contributed by atoms with Crippen LogP contribution < -0.4 is 4.90 Å². The Bertz CT molecular complexity index is 2720. The maximum absolute atomic E-state index is 2.41. The van der Waals surface area contributed by atoms with Crippen LogP contribution in [0.5, 0.6) is 0 Å². The lowest BCUT2D eigenvalue weighted by atomic mass is 9.99. The van der Waals surface area contributed by atoms with Gasteiger partial charge in [0.05, 0.1) is 0 Å². The maximum atomic E-state index is 2.41. The Morgan fingerprint density at radius 2 is 0.812 bits per heavy atom. The van der Waals surface area contributed by atoms with Gasteiger partial charge in [-0.15, -0.1) is 11.3 Å². The first-order valence-corrected chi connectivity index (χ1v) is 17.2. The lowest BCUT2D eigenvalue weighted by Gasteiger charge is -2.27. The molecule has 0 fully saturated rings. The zero-order valence-corrected chi connectivity index (χ0v) is 26.9. The van der Waals surface area contributed by atoms with Crippen LogP contribution in [0.3, 0.4) is 0 Å². The fourth-order valence-corrected chi connectivity index (χ4v) is 8.71. The lowest BCUT2D eigenvalue weighted by molar-refractivity contribution is 1.30. The van der Waals surface area contributed by atoms with E-state index in [1.807, 2.05) is 11.3 Å². The van der Waals surface area contributed by atoms with Gasteiger partial charge in [-0.2, -0.15) is 0 Å². The number of thiophene rings is 1. The summed E-state index contributed by atoms with van der Waals surface area (Å²) in [6, 6.07) is 64.6. The first-order valence-electron chi connectivity index (χ1n) is 16.4. The van der Waals surface area contributed by atoms with Gasteiger partial charge in [-0.25, -0.2) is 0 Å². The van der Waals surface area contributed by atoms with Crippen LogP contribution >= 0.6 is 11.3 Å². The smallest absolute Gasteiger partial charge is 0.0468 e. The summed E-state index contributed by atoms with van der Waals surface area (Å²) in [7, 11) is 0. The molecule has 0 amide bonds. The molecule has 0 saturated carbocycles. The third kappa shape index (κ3) is 4.31. The Hall–Kier alpha value is -5.96. The molecule has 0 atom stereocenters. The zero-order chi connectivity index (χ0) is 31.6. The third-order valence-electron chi connectivity index (χ3n) is 9.82. The zero-order valence-electron chi connectivity index (χ0n) is 26.1. The lowest BCUT2D eigenvalue weighted by Crippen LogP contribution is -2.10. The Labute approximate surface area is 282 Å². The van der Waals surface area contributed by atoms with Gasteiger partial charge in [-0.05, 0) is 96.7 Å². The van der Waals surface area contributed by atoms with E-state index in [2.05, 4.69) is 181 Å². The van der Waals surface area contributed by atoms with Crippen LogP contribution in [0.2, 0.25) is 0 Å². The highest BCUT2D eigenvalue weighted by Gasteiger charge is 2.17. The molecule has 48 heavy (non-hydrogen) atoms. The summed E-state index contributed by atoms with van der Waals surface area (Å²) in [5.41, 5.74) is 5.91. The monoisotopic (exact) mass is 627 g/mol. The van der Waals surface area contributed by atoms with Crippen LogP contribution in [0.1, 0.15) is 0 Å². The number of fused-ring (bicyclic) bond motifs is 9. The van der Waals surface area contributed by atoms with Gasteiger partial charge in [0.15, 0.2) is 0 Å². The molecule has 0 unspecified atom stereocenters. The largest absolute Gasteiger partial charge is 0.310 e. The molecule has 0 saturated heterocycles. The van der Waals surface area contributed by atoms with Crippen LogP contribution in [-0.4, -0.2) is 0 Å². The minimum absolute atomic E-state index is 1.13. The molecule has 0 aliphatic rings. The maximum Gasteiger partial charge on any atom is 0.0468 e. The number of rotatable bonds is 4. The summed E-state index contributed by atoms with van der Waals surface area (Å²) in [5, 5.41) is 12.7. The molecule has 2 heteroatoms. The number of benzene rings is 9. The Morgan fingerprint density at radius 3 is 1.44 bits per heavy atom. The van der Waals surface area contributed by atoms with Crippen molar-refractivity contribution in [2.75, 3.05) is 4.90 Å². The van der Waals surface area contributed by atoms with E-state index in [1.54, 1.807) is 0 Å². The molecule has 224 valence electrons. The fourth-order valence-electron chi connectivity index (χ4n) is 7.47. The van der Waals surface area contributed by atoms with Crippen LogP contribution in [-0.2, 0) is 0 Å². The van der Waals surface area contributed by atoms with Crippen molar-refractivity contribution < 1.29 is 0 Å². The molecule has 0 bridgehead atoms. The van der Waals surface area contributed by atoms with E-state index in [0.717, 1.165) is 17.1 Å². The van der Waals surface area contributed by atoms with Gasteiger partial charge in [0.1, 0.15) is 0 Å². The van der Waals surface area contributed by atoms with Gasteiger partial charge < -0.3 is 4.90 Å². The second kappa shape index (κ2) is 10.8. The normalized spacial score (nSPS) is 11.8. The minimum atomic E-state index is 1.13. The van der Waals surface area contributed by atoms with E-state index in [9.17, 15) is 0 Å². The van der Waals surface area contributed by atoms with E-state index in [0.29, 0.717) is 0 Å². The first kappa shape index (κ1) is 27.2. The molecule has 9 aromatic carbocycles. The second-order valence-electron chi connectivity index (χ2n) is 12.5. The van der Waals surface area contributed by atoms with Crippen LogP contribution in [0.4, 0.5) is 17.1 Å². The SMILES string of the molecule is c1ccc2c(c1)ccc1ccc(N(c3ccc(-c4cccc5c4sc4ccccc45)cc3)c3ccc4ccc5ccccc5c4c3)cc12. The number of hydrogen-bond acceptors (Lipinski definition) is 2. The fraction of sp³-hybridized carbons (Fsp3) is 0. The first-order chi connectivity index (χ1) is 23.8. The van der Waals surface area contributed by atoms with E-state index >= 15 is 0 Å². The highest BCUT2D eigenvalue weighted by atomic mass is 32.1. The van der Waals surface area contributed by atoms with Crippen molar-refractivity contribution in [3.05, 3.63) is 176 Å². The van der Waals surface area contributed by atoms with Crippen molar-refractivity contribution in [1.82, 2.24) is 0 Å². The summed E-state index contributed by atoms with van der Waals surface area (Å²) in [6.45, 7) is 0. The molecule has 0 aliphatic heterocycles. The number of hydrogen-bond donors (Lipinski definition) is 0. The van der Waals surface area contributed by atoms with Crippen molar-refractivity contribution in [1.29, 1.82) is 0 Å². The average molecular weight is 628 g/mol. The predicted molar refractivity (Wildman–Crippen MR) is 209 cm³/mol. The van der Waals surface area contributed by atoms with Crippen molar-refractivity contribution in [2.24, 2.45) is 0 Å². The number of nitrogens with zero attached hydrogens (tertiary/aromatic N) is 1. The molecule has 1 aromatic heterocycles. The molecule has 1 nitrogen and oxygen atoms in total. The van der Waals surface area contributed by atoms with Gasteiger partial charge >= 0.3 is 0 Å². The second-order valence-corrected chi connectivity index (χ2v) is 13.6. The standard InChI is InChI=1S/C46H29NS/c1-3-10-38-30(8-1)16-18-33-22-26-36(28-43(33)38)47(37-27-23-34-19-17-31-9-2-4-11-39(31)44(34)29-37)35-24-20-32(21-25-35)40-13-7-14-42-41-12-5-6-15-45(41)48-46(40)42/h1-29H. The van der Waals surface area contributed by atoms with E-state index < -0.39 is 0 Å². The van der Waals surface area contributed by atoms with Gasteiger partial charge in [-0.1, -0.05) is 133 Å². The van der Waals surface area contributed by atoms with Gasteiger partial charge in [0.25, 0.3) is 0 Å². The Morgan fingerprint density at radius 1 is 0.333 bits per heavy atom. The molecule has 0 N–H and O–H groups in total. The van der Waals surface area contributed by atoms with E-state index in [4.69, 9.17) is 0 Å². The average Bonchev–Trinajstić information content (AvgIpc) is 3.54. The summed E-state index contributed by atoms with van der Waals surface area (Å²) >= 11 is 1.88. The topological polar surface area (TPSA) is 3.24 Å². The van der Waals surface area contributed by atoms with Gasteiger partial charge in [-0.3, -0.25) is 0 Å². The Kier molecular flexibility index (Phi) is 6.12. The summed E-state index contributed by atoms with van der Waals surface area (Å²) in [5.74, 6) is 0.